The molecular formula is C12H20IN3. The van der Waals surface area contributed by atoms with Crippen LogP contribution in [0.1, 0.15) is 43.8 Å². The van der Waals surface area contributed by atoms with Gasteiger partial charge in [0.25, 0.3) is 0 Å². The number of halogens is 1. The van der Waals surface area contributed by atoms with Gasteiger partial charge in [-0.3, -0.25) is 4.68 Å². The summed E-state index contributed by atoms with van der Waals surface area (Å²) in [5.41, 5.74) is 1.18. The molecule has 0 unspecified atom stereocenters. The molecule has 3 nitrogen and oxygen atoms in total. The van der Waals surface area contributed by atoms with Crippen molar-refractivity contribution in [2.45, 2.75) is 44.7 Å². The van der Waals surface area contributed by atoms with Crippen LogP contribution < -0.4 is 5.32 Å². The van der Waals surface area contributed by atoms with E-state index in [9.17, 15) is 0 Å². The van der Waals surface area contributed by atoms with E-state index in [0.29, 0.717) is 6.04 Å². The number of rotatable bonds is 5. The summed E-state index contributed by atoms with van der Waals surface area (Å²) in [6, 6.07) is 2.81. The number of hydrogen-bond donors (Lipinski definition) is 1. The summed E-state index contributed by atoms with van der Waals surface area (Å²) in [6.07, 6.45) is 8.91. The van der Waals surface area contributed by atoms with Crippen LogP contribution in [0.2, 0.25) is 0 Å². The molecule has 0 bridgehead atoms. The lowest BCUT2D eigenvalue weighted by Crippen LogP contribution is -2.17. The Morgan fingerprint density at radius 2 is 2.19 bits per heavy atom. The van der Waals surface area contributed by atoms with E-state index in [2.05, 4.69) is 50.0 Å². The highest BCUT2D eigenvalue weighted by atomic mass is 127. The number of nitrogens with zero attached hydrogens (tertiary/aromatic N) is 2. The minimum atomic E-state index is 0.659. The molecule has 0 aromatic carbocycles. The van der Waals surface area contributed by atoms with Gasteiger partial charge < -0.3 is 5.32 Å². The molecule has 1 fully saturated rings. The van der Waals surface area contributed by atoms with E-state index in [4.69, 9.17) is 0 Å². The number of aromatic nitrogens is 2. The van der Waals surface area contributed by atoms with Crippen LogP contribution in [0.5, 0.6) is 0 Å². The van der Waals surface area contributed by atoms with Crippen LogP contribution in [-0.4, -0.2) is 20.8 Å². The van der Waals surface area contributed by atoms with Crippen molar-refractivity contribution in [3.8, 4) is 0 Å². The summed E-state index contributed by atoms with van der Waals surface area (Å²) in [6.45, 7) is 1.97. The molecule has 1 aromatic heterocycles. The highest BCUT2D eigenvalue weighted by Gasteiger charge is 2.15. The van der Waals surface area contributed by atoms with Crippen LogP contribution in [-0.2, 0) is 6.54 Å². The van der Waals surface area contributed by atoms with Crippen LogP contribution >= 0.6 is 22.6 Å². The van der Waals surface area contributed by atoms with Crippen molar-refractivity contribution >= 4 is 22.6 Å². The third kappa shape index (κ3) is 3.45. The predicted octanol–water partition coefficient (Wildman–Crippen LogP) is 2.91. The first-order valence-corrected chi connectivity index (χ1v) is 7.73. The highest BCUT2D eigenvalue weighted by Crippen LogP contribution is 2.27. The maximum absolute atomic E-state index is 4.66. The molecule has 1 saturated carbocycles. The average molecular weight is 333 g/mol. The standard InChI is InChI=1S/C12H20IN3/c13-7-8-14-10-11-6-9-16(15-11)12-4-2-1-3-5-12/h6,9,12,14H,1-5,7-8,10H2. The second-order valence-electron chi connectivity index (χ2n) is 4.44. The SMILES string of the molecule is ICCNCc1ccn(C2CCCCC2)n1. The van der Waals surface area contributed by atoms with Gasteiger partial charge in [-0.1, -0.05) is 41.9 Å². The van der Waals surface area contributed by atoms with E-state index >= 15 is 0 Å². The van der Waals surface area contributed by atoms with Crippen molar-refractivity contribution in [3.63, 3.8) is 0 Å². The van der Waals surface area contributed by atoms with Crippen LogP contribution in [0.3, 0.4) is 0 Å². The Balaban J connectivity index is 1.85. The summed E-state index contributed by atoms with van der Waals surface area (Å²) < 4.78 is 3.33. The van der Waals surface area contributed by atoms with Crippen molar-refractivity contribution in [1.82, 2.24) is 15.1 Å². The molecule has 1 aromatic rings. The molecule has 1 aliphatic carbocycles. The van der Waals surface area contributed by atoms with Gasteiger partial charge in [0.05, 0.1) is 11.7 Å². The Kier molecular flexibility index (Phi) is 5.09. The van der Waals surface area contributed by atoms with E-state index in [1.54, 1.807) is 0 Å². The molecule has 1 aliphatic rings. The van der Waals surface area contributed by atoms with Crippen molar-refractivity contribution in [2.24, 2.45) is 0 Å². The van der Waals surface area contributed by atoms with Gasteiger partial charge in [0.15, 0.2) is 0 Å². The summed E-state index contributed by atoms with van der Waals surface area (Å²) in [4.78, 5) is 0. The average Bonchev–Trinajstić information content (AvgIpc) is 2.79. The molecular weight excluding hydrogens is 313 g/mol. The zero-order chi connectivity index (χ0) is 11.2. The highest BCUT2D eigenvalue weighted by molar-refractivity contribution is 14.1. The van der Waals surface area contributed by atoms with E-state index in [1.165, 1.54) is 37.8 Å². The Morgan fingerprint density at radius 1 is 1.38 bits per heavy atom. The van der Waals surface area contributed by atoms with Crippen molar-refractivity contribution in [3.05, 3.63) is 18.0 Å². The first kappa shape index (κ1) is 12.4. The van der Waals surface area contributed by atoms with Gasteiger partial charge in [0.2, 0.25) is 0 Å². The second-order valence-corrected chi connectivity index (χ2v) is 5.52. The van der Waals surface area contributed by atoms with E-state index in [0.717, 1.165) is 17.5 Å². The van der Waals surface area contributed by atoms with E-state index in [1.807, 2.05) is 0 Å². The molecule has 16 heavy (non-hydrogen) atoms. The van der Waals surface area contributed by atoms with Crippen molar-refractivity contribution in [2.75, 3.05) is 11.0 Å². The van der Waals surface area contributed by atoms with E-state index in [-0.39, 0.29) is 0 Å². The van der Waals surface area contributed by atoms with Crippen LogP contribution in [0.4, 0.5) is 0 Å². The normalized spacial score (nSPS) is 17.8. The Morgan fingerprint density at radius 3 is 2.94 bits per heavy atom. The first-order valence-electron chi connectivity index (χ1n) is 6.21. The minimum absolute atomic E-state index is 0.659. The molecule has 90 valence electrons. The topological polar surface area (TPSA) is 29.9 Å². The lowest BCUT2D eigenvalue weighted by molar-refractivity contribution is 0.328. The van der Waals surface area contributed by atoms with Gasteiger partial charge in [-0.15, -0.1) is 0 Å². The van der Waals surface area contributed by atoms with Crippen molar-refractivity contribution < 1.29 is 0 Å². The number of alkyl halides is 1. The molecule has 4 heteroatoms. The van der Waals surface area contributed by atoms with E-state index < -0.39 is 0 Å². The quantitative estimate of drug-likeness (QED) is 0.510. The number of nitrogens with one attached hydrogen (secondary N) is 1. The zero-order valence-electron chi connectivity index (χ0n) is 9.66. The van der Waals surface area contributed by atoms with Gasteiger partial charge in [0.1, 0.15) is 0 Å². The number of hydrogen-bond acceptors (Lipinski definition) is 2. The lowest BCUT2D eigenvalue weighted by Gasteiger charge is -2.21. The summed E-state index contributed by atoms with van der Waals surface area (Å²) in [7, 11) is 0. The second kappa shape index (κ2) is 6.59. The fraction of sp³-hybridized carbons (Fsp3) is 0.750. The third-order valence-electron chi connectivity index (χ3n) is 3.19. The molecule has 2 rings (SSSR count). The van der Waals surface area contributed by atoms with Crippen LogP contribution in [0, 0.1) is 0 Å². The Bertz CT molecular complexity index is 305. The largest absolute Gasteiger partial charge is 0.310 e. The van der Waals surface area contributed by atoms with Crippen LogP contribution in [0.25, 0.3) is 0 Å². The van der Waals surface area contributed by atoms with Gasteiger partial charge >= 0.3 is 0 Å². The third-order valence-corrected chi connectivity index (χ3v) is 3.73. The molecule has 0 saturated heterocycles. The Hall–Kier alpha value is -0.100. The van der Waals surface area contributed by atoms with Crippen molar-refractivity contribution in [1.29, 1.82) is 0 Å². The van der Waals surface area contributed by atoms with Crippen LogP contribution in [0.15, 0.2) is 12.3 Å². The molecule has 1 N–H and O–H groups in total. The zero-order valence-corrected chi connectivity index (χ0v) is 11.8. The molecule has 0 aliphatic heterocycles. The maximum Gasteiger partial charge on any atom is 0.0762 e. The molecule has 0 amide bonds. The monoisotopic (exact) mass is 333 g/mol. The van der Waals surface area contributed by atoms with Gasteiger partial charge in [0, 0.05) is 23.7 Å². The summed E-state index contributed by atoms with van der Waals surface area (Å²) in [5, 5.41) is 8.04. The summed E-state index contributed by atoms with van der Waals surface area (Å²) in [5.74, 6) is 0. The minimum Gasteiger partial charge on any atom is -0.310 e. The first-order chi connectivity index (χ1) is 7.90. The lowest BCUT2D eigenvalue weighted by atomic mass is 9.96. The molecule has 1 heterocycles. The molecule has 0 spiro atoms. The maximum atomic E-state index is 4.66. The molecule has 0 radical (unpaired) electrons. The fourth-order valence-corrected chi connectivity index (χ4v) is 2.69. The van der Waals surface area contributed by atoms with Gasteiger partial charge in [-0.05, 0) is 18.9 Å². The fourth-order valence-electron chi connectivity index (χ4n) is 2.30. The summed E-state index contributed by atoms with van der Waals surface area (Å²) >= 11 is 2.38. The smallest absolute Gasteiger partial charge is 0.0762 e. The van der Waals surface area contributed by atoms with Gasteiger partial charge in [-0.25, -0.2) is 0 Å². The predicted molar refractivity (Wildman–Crippen MR) is 74.9 cm³/mol. The Labute approximate surface area is 111 Å². The van der Waals surface area contributed by atoms with Gasteiger partial charge in [-0.2, -0.15) is 5.10 Å². The molecule has 0 atom stereocenters.